The van der Waals surface area contributed by atoms with Crippen LogP contribution in [0.5, 0.6) is 5.75 Å². The lowest BCUT2D eigenvalue weighted by Gasteiger charge is -2.46. The molecular formula is C27H28ClNO. The molecule has 2 aromatic carbocycles. The van der Waals surface area contributed by atoms with Crippen LogP contribution in [0.4, 0.5) is 0 Å². The second-order valence-corrected chi connectivity index (χ2v) is 9.73. The molecular weight excluding hydrogens is 390 g/mol. The van der Waals surface area contributed by atoms with E-state index in [1.807, 2.05) is 6.07 Å². The Bertz CT molecular complexity index is 1110. The molecule has 0 saturated heterocycles. The molecule has 2 aliphatic carbocycles. The van der Waals surface area contributed by atoms with Crippen LogP contribution in [0.15, 0.2) is 71.8 Å². The molecule has 154 valence electrons. The number of ether oxygens (including phenoxy) is 1. The van der Waals surface area contributed by atoms with Crippen molar-refractivity contribution < 1.29 is 4.74 Å². The van der Waals surface area contributed by atoms with Crippen LogP contribution < -0.4 is 10.1 Å². The van der Waals surface area contributed by atoms with Gasteiger partial charge in [-0.15, -0.1) is 0 Å². The van der Waals surface area contributed by atoms with Crippen LogP contribution in [0.1, 0.15) is 43.4 Å². The predicted molar refractivity (Wildman–Crippen MR) is 125 cm³/mol. The fourth-order valence-corrected chi connectivity index (χ4v) is 5.96. The number of fused-ring (bicyclic) bond motifs is 4. The van der Waals surface area contributed by atoms with Crippen LogP contribution in [0.3, 0.4) is 0 Å². The van der Waals surface area contributed by atoms with Crippen molar-refractivity contribution in [1.82, 2.24) is 5.32 Å². The predicted octanol–water partition coefficient (Wildman–Crippen LogP) is 6.32. The fraction of sp³-hybridized carbons (Fsp3) is 0.333. The smallest absolute Gasteiger partial charge is 0.126 e. The summed E-state index contributed by atoms with van der Waals surface area (Å²) in [5.74, 6) is 1.58. The summed E-state index contributed by atoms with van der Waals surface area (Å²) >= 11 is 6.42. The second kappa shape index (κ2) is 7.14. The summed E-state index contributed by atoms with van der Waals surface area (Å²) in [7, 11) is 1.77. The number of allylic oxidation sites excluding steroid dienone is 2. The van der Waals surface area contributed by atoms with Crippen molar-refractivity contribution in [2.75, 3.05) is 7.11 Å². The number of benzene rings is 2. The first kappa shape index (κ1) is 19.7. The molecule has 2 aromatic rings. The first-order valence-corrected chi connectivity index (χ1v) is 11.1. The van der Waals surface area contributed by atoms with Gasteiger partial charge in [-0.3, -0.25) is 0 Å². The third-order valence-electron chi connectivity index (χ3n) is 6.75. The minimum atomic E-state index is -0.0104. The van der Waals surface area contributed by atoms with Gasteiger partial charge in [-0.25, -0.2) is 0 Å². The van der Waals surface area contributed by atoms with Crippen molar-refractivity contribution in [3.8, 4) is 5.75 Å². The lowest BCUT2D eigenvalue weighted by Crippen LogP contribution is -2.53. The molecule has 30 heavy (non-hydrogen) atoms. The Balaban J connectivity index is 1.77. The zero-order chi connectivity index (χ0) is 21.0. The third-order valence-corrected chi connectivity index (χ3v) is 6.98. The highest BCUT2D eigenvalue weighted by Gasteiger charge is 2.42. The van der Waals surface area contributed by atoms with Crippen molar-refractivity contribution in [1.29, 1.82) is 0 Å². The number of halogens is 1. The summed E-state index contributed by atoms with van der Waals surface area (Å²) in [5, 5.41) is 4.63. The summed E-state index contributed by atoms with van der Waals surface area (Å²) in [5.41, 5.74) is 8.10. The molecule has 0 saturated carbocycles. The molecule has 0 bridgehead atoms. The van der Waals surface area contributed by atoms with E-state index in [-0.39, 0.29) is 5.54 Å². The maximum absolute atomic E-state index is 6.42. The molecule has 5 rings (SSSR count). The monoisotopic (exact) mass is 417 g/mol. The van der Waals surface area contributed by atoms with Gasteiger partial charge in [0.05, 0.1) is 7.11 Å². The zero-order valence-electron chi connectivity index (χ0n) is 18.0. The van der Waals surface area contributed by atoms with Gasteiger partial charge >= 0.3 is 0 Å². The summed E-state index contributed by atoms with van der Waals surface area (Å²) in [6, 6.07) is 15.1. The number of rotatable bonds is 2. The molecule has 3 heteroatoms. The molecule has 0 fully saturated rings. The van der Waals surface area contributed by atoms with Gasteiger partial charge in [-0.1, -0.05) is 59.7 Å². The Morgan fingerprint density at radius 1 is 1.13 bits per heavy atom. The maximum atomic E-state index is 6.42. The molecule has 0 aromatic heterocycles. The Hall–Kier alpha value is -2.29. The van der Waals surface area contributed by atoms with Crippen molar-refractivity contribution >= 4 is 17.2 Å². The Kier molecular flexibility index (Phi) is 4.68. The van der Waals surface area contributed by atoms with E-state index in [4.69, 9.17) is 16.3 Å². The van der Waals surface area contributed by atoms with Crippen molar-refractivity contribution in [2.24, 2.45) is 5.92 Å². The highest BCUT2D eigenvalue weighted by atomic mass is 35.5. The minimum absolute atomic E-state index is 0.0104. The van der Waals surface area contributed by atoms with Crippen LogP contribution in [-0.4, -0.2) is 18.7 Å². The SMILES string of the molecule is COc1cccc2c1C1=C(C(c3cccc(Cl)c3)C2)C2C(C)=CC(C)(C)NC2C=C1. The van der Waals surface area contributed by atoms with Gasteiger partial charge in [0.15, 0.2) is 0 Å². The lowest BCUT2D eigenvalue weighted by molar-refractivity contribution is 0.350. The minimum Gasteiger partial charge on any atom is -0.496 e. The highest BCUT2D eigenvalue weighted by Crippen LogP contribution is 2.52. The van der Waals surface area contributed by atoms with E-state index >= 15 is 0 Å². The molecule has 0 radical (unpaired) electrons. The van der Waals surface area contributed by atoms with Crippen molar-refractivity contribution in [3.05, 3.63) is 93.6 Å². The van der Waals surface area contributed by atoms with E-state index in [9.17, 15) is 0 Å². The molecule has 2 nitrogen and oxygen atoms in total. The summed E-state index contributed by atoms with van der Waals surface area (Å²) < 4.78 is 5.80. The van der Waals surface area contributed by atoms with Gasteiger partial charge in [0.2, 0.25) is 0 Å². The van der Waals surface area contributed by atoms with Gasteiger partial charge in [0.1, 0.15) is 5.75 Å². The van der Waals surface area contributed by atoms with E-state index in [0.717, 1.165) is 17.2 Å². The summed E-state index contributed by atoms with van der Waals surface area (Å²) in [4.78, 5) is 0. The van der Waals surface area contributed by atoms with Crippen LogP contribution >= 0.6 is 11.6 Å². The Morgan fingerprint density at radius 3 is 2.70 bits per heavy atom. The van der Waals surface area contributed by atoms with Crippen LogP contribution in [-0.2, 0) is 6.42 Å². The molecule has 3 atom stereocenters. The van der Waals surface area contributed by atoms with Gasteiger partial charge in [0, 0.05) is 34.0 Å². The normalized spacial score (nSPS) is 26.4. The average Bonchev–Trinajstić information content (AvgIpc) is 2.71. The van der Waals surface area contributed by atoms with E-state index in [2.05, 4.69) is 80.7 Å². The molecule has 3 aliphatic rings. The van der Waals surface area contributed by atoms with E-state index in [1.54, 1.807) is 7.11 Å². The summed E-state index contributed by atoms with van der Waals surface area (Å²) in [6.45, 7) is 6.78. The second-order valence-electron chi connectivity index (χ2n) is 9.29. The van der Waals surface area contributed by atoms with Crippen molar-refractivity contribution in [2.45, 2.75) is 44.7 Å². The maximum Gasteiger partial charge on any atom is 0.126 e. The van der Waals surface area contributed by atoms with Crippen LogP contribution in [0, 0.1) is 5.92 Å². The van der Waals surface area contributed by atoms with E-state index in [0.29, 0.717) is 17.9 Å². The van der Waals surface area contributed by atoms with Crippen molar-refractivity contribution in [3.63, 3.8) is 0 Å². The van der Waals surface area contributed by atoms with Gasteiger partial charge in [-0.2, -0.15) is 0 Å². The van der Waals surface area contributed by atoms with Crippen LogP contribution in [0.2, 0.25) is 5.02 Å². The van der Waals surface area contributed by atoms with E-state index < -0.39 is 0 Å². The fourth-order valence-electron chi connectivity index (χ4n) is 5.76. The zero-order valence-corrected chi connectivity index (χ0v) is 18.8. The standard InChI is InChI=1S/C27H28ClNO/c1-16-15-27(2,3)29-22-12-11-20-25-18(8-6-10-23(25)30-4)14-21(26(20)24(16)22)17-7-5-9-19(28)13-17/h5-13,15,21-22,24,29H,14H2,1-4H3. The Labute approximate surface area is 184 Å². The number of hydrogen-bond donors (Lipinski definition) is 1. The largest absolute Gasteiger partial charge is 0.496 e. The topological polar surface area (TPSA) is 21.3 Å². The first-order chi connectivity index (χ1) is 14.4. The number of methoxy groups -OCH3 is 1. The quantitative estimate of drug-likeness (QED) is 0.577. The number of nitrogens with one attached hydrogen (secondary N) is 1. The third kappa shape index (κ3) is 3.14. The molecule has 1 N–H and O–H groups in total. The van der Waals surface area contributed by atoms with E-state index in [1.165, 1.54) is 33.4 Å². The average molecular weight is 418 g/mol. The van der Waals surface area contributed by atoms with Gasteiger partial charge in [-0.05, 0) is 67.7 Å². The summed E-state index contributed by atoms with van der Waals surface area (Å²) in [6.07, 6.45) is 8.01. The highest BCUT2D eigenvalue weighted by molar-refractivity contribution is 6.30. The number of hydrogen-bond acceptors (Lipinski definition) is 2. The molecule has 0 spiro atoms. The Morgan fingerprint density at radius 2 is 1.93 bits per heavy atom. The van der Waals surface area contributed by atoms with Gasteiger partial charge in [0.25, 0.3) is 0 Å². The molecule has 1 heterocycles. The molecule has 0 amide bonds. The molecule has 1 aliphatic heterocycles. The molecule has 3 unspecified atom stereocenters. The van der Waals surface area contributed by atoms with Gasteiger partial charge < -0.3 is 10.1 Å². The van der Waals surface area contributed by atoms with Crippen LogP contribution in [0.25, 0.3) is 5.57 Å². The first-order valence-electron chi connectivity index (χ1n) is 10.7. The lowest BCUT2D eigenvalue weighted by atomic mass is 9.64.